The molecule has 0 spiro atoms. The number of esters is 3. The normalized spacial score (nSPS) is 27.9. The average Bonchev–Trinajstić information content (AvgIpc) is 3.20. The van der Waals surface area contributed by atoms with Crippen LogP contribution in [0.5, 0.6) is 0 Å². The van der Waals surface area contributed by atoms with Gasteiger partial charge in [-0.25, -0.2) is 0 Å². The van der Waals surface area contributed by atoms with Gasteiger partial charge in [0.1, 0.15) is 31.0 Å². The van der Waals surface area contributed by atoms with Crippen molar-refractivity contribution in [3.8, 4) is 0 Å². The lowest BCUT2D eigenvalue weighted by molar-refractivity contribution is -0.191. The molecule has 0 amide bonds. The van der Waals surface area contributed by atoms with E-state index in [9.17, 15) is 24.3 Å². The number of Topliss-reactive ketones (excluding diaryl/α,β-unsaturated/α-hetero) is 1. The van der Waals surface area contributed by atoms with Crippen LogP contribution in [0.1, 0.15) is 52.0 Å². The predicted molar refractivity (Wildman–Crippen MR) is 140 cm³/mol. The monoisotopic (exact) mass is 562 g/mol. The Hall–Kier alpha value is -3.12. The molecular weight excluding hydrogens is 524 g/mol. The first-order valence-electron chi connectivity index (χ1n) is 13.3. The summed E-state index contributed by atoms with van der Waals surface area (Å²) in [7, 11) is 0. The third-order valence-electron chi connectivity index (χ3n) is 6.68. The van der Waals surface area contributed by atoms with Gasteiger partial charge in [-0.3, -0.25) is 19.2 Å². The standard InChI is InChI=1S/C29H38O11/c1-5-9-21-12-13-23(33)26(39-21)29(38-19(4)32)28-25(34)27(36-15-20-10-7-6-8-11-20)24(40-28)14-22(37-18(3)31)16-35-17(2)30/h5-8,10-11,21-22,24-29,34H,1,9,12-16H2,2-4H3/t21-,22-,24-,25+,26+,27+,28-,29-/m1/s1. The molecule has 1 N–H and O–H groups in total. The Balaban J connectivity index is 1.89. The number of hydrogen-bond acceptors (Lipinski definition) is 11. The number of ether oxygens (including phenoxy) is 6. The molecule has 8 atom stereocenters. The van der Waals surface area contributed by atoms with Gasteiger partial charge in [-0.15, -0.1) is 6.58 Å². The molecule has 0 radical (unpaired) electrons. The Morgan fingerprint density at radius 1 is 1.07 bits per heavy atom. The first kappa shape index (κ1) is 31.4. The molecular formula is C29H38O11. The van der Waals surface area contributed by atoms with Crippen LogP contribution >= 0.6 is 0 Å². The van der Waals surface area contributed by atoms with Crippen LogP contribution in [0.15, 0.2) is 43.0 Å². The zero-order valence-corrected chi connectivity index (χ0v) is 23.1. The van der Waals surface area contributed by atoms with Crippen molar-refractivity contribution in [2.45, 2.75) is 102 Å². The number of aliphatic hydroxyl groups is 1. The van der Waals surface area contributed by atoms with Gasteiger partial charge in [0.15, 0.2) is 18.0 Å². The Bertz CT molecular complexity index is 1030. The fraction of sp³-hybridized carbons (Fsp3) is 0.586. The van der Waals surface area contributed by atoms with E-state index < -0.39 is 60.6 Å². The van der Waals surface area contributed by atoms with Crippen molar-refractivity contribution in [3.05, 3.63) is 48.6 Å². The first-order valence-corrected chi connectivity index (χ1v) is 13.3. The lowest BCUT2D eigenvalue weighted by Gasteiger charge is -2.36. The summed E-state index contributed by atoms with van der Waals surface area (Å²) in [5.41, 5.74) is 0.836. The van der Waals surface area contributed by atoms with Crippen molar-refractivity contribution in [2.75, 3.05) is 6.61 Å². The fourth-order valence-corrected chi connectivity index (χ4v) is 4.96. The van der Waals surface area contributed by atoms with E-state index in [2.05, 4.69) is 6.58 Å². The van der Waals surface area contributed by atoms with Gasteiger partial charge < -0.3 is 33.5 Å². The number of ketones is 1. The molecule has 40 heavy (non-hydrogen) atoms. The maximum atomic E-state index is 12.9. The first-order chi connectivity index (χ1) is 19.1. The van der Waals surface area contributed by atoms with Gasteiger partial charge in [0.2, 0.25) is 0 Å². The summed E-state index contributed by atoms with van der Waals surface area (Å²) < 4.78 is 34.3. The number of benzene rings is 1. The molecule has 2 aliphatic rings. The van der Waals surface area contributed by atoms with Crippen LogP contribution in [0.4, 0.5) is 0 Å². The summed E-state index contributed by atoms with van der Waals surface area (Å²) in [5.74, 6) is -2.11. The van der Waals surface area contributed by atoms with E-state index in [1.165, 1.54) is 20.8 Å². The Labute approximate surface area is 233 Å². The molecule has 1 aromatic carbocycles. The fourth-order valence-electron chi connectivity index (χ4n) is 4.96. The Morgan fingerprint density at radius 2 is 1.77 bits per heavy atom. The van der Waals surface area contributed by atoms with Gasteiger partial charge >= 0.3 is 17.9 Å². The molecule has 0 aromatic heterocycles. The zero-order valence-electron chi connectivity index (χ0n) is 23.1. The minimum Gasteiger partial charge on any atom is -0.462 e. The minimum atomic E-state index is -1.35. The highest BCUT2D eigenvalue weighted by molar-refractivity contribution is 5.85. The van der Waals surface area contributed by atoms with E-state index >= 15 is 0 Å². The lowest BCUT2D eigenvalue weighted by Crippen LogP contribution is -2.53. The Kier molecular flexibility index (Phi) is 11.8. The molecule has 11 nitrogen and oxygen atoms in total. The molecule has 0 unspecified atom stereocenters. The lowest BCUT2D eigenvalue weighted by atomic mass is 9.92. The second-order valence-electron chi connectivity index (χ2n) is 9.94. The van der Waals surface area contributed by atoms with Crippen molar-refractivity contribution in [1.29, 1.82) is 0 Å². The molecule has 2 saturated heterocycles. The highest BCUT2D eigenvalue weighted by atomic mass is 16.6. The summed E-state index contributed by atoms with van der Waals surface area (Å²) in [5, 5.41) is 11.5. The van der Waals surface area contributed by atoms with Crippen molar-refractivity contribution < 1.29 is 52.7 Å². The molecule has 2 heterocycles. The van der Waals surface area contributed by atoms with Crippen LogP contribution in [0.2, 0.25) is 0 Å². The van der Waals surface area contributed by atoms with E-state index in [-0.39, 0.29) is 37.9 Å². The summed E-state index contributed by atoms with van der Waals surface area (Å²) in [6, 6.07) is 9.26. The van der Waals surface area contributed by atoms with E-state index in [1.807, 2.05) is 30.3 Å². The second kappa shape index (κ2) is 15.0. The largest absolute Gasteiger partial charge is 0.462 e. The van der Waals surface area contributed by atoms with Crippen molar-refractivity contribution in [1.82, 2.24) is 0 Å². The van der Waals surface area contributed by atoms with Crippen LogP contribution in [0.3, 0.4) is 0 Å². The SMILES string of the molecule is C=CC[C@@H]1CCC(=O)[C@@H]([C@@H](OC(C)=O)[C@@H]2O[C@H](C[C@H](COC(C)=O)OC(C)=O)[C@H](OCc3ccccc3)[C@@H]2O)O1. The average molecular weight is 563 g/mol. The number of carbonyl (C=O) groups excluding carboxylic acids is 4. The highest BCUT2D eigenvalue weighted by Gasteiger charge is 2.53. The van der Waals surface area contributed by atoms with Crippen LogP contribution in [0, 0.1) is 0 Å². The zero-order chi connectivity index (χ0) is 29.2. The molecule has 0 saturated carbocycles. The van der Waals surface area contributed by atoms with Crippen molar-refractivity contribution >= 4 is 23.7 Å². The summed E-state index contributed by atoms with van der Waals surface area (Å²) in [6.07, 6.45) is -5.17. The smallest absolute Gasteiger partial charge is 0.303 e. The maximum absolute atomic E-state index is 12.9. The van der Waals surface area contributed by atoms with Crippen molar-refractivity contribution in [3.63, 3.8) is 0 Å². The van der Waals surface area contributed by atoms with Gasteiger partial charge in [-0.1, -0.05) is 36.4 Å². The van der Waals surface area contributed by atoms with Gasteiger partial charge in [0, 0.05) is 33.6 Å². The number of rotatable bonds is 13. The molecule has 1 aromatic rings. The number of aliphatic hydroxyl groups excluding tert-OH is 1. The summed E-state index contributed by atoms with van der Waals surface area (Å²) in [6.45, 7) is 7.25. The third-order valence-corrected chi connectivity index (χ3v) is 6.68. The molecule has 0 aliphatic carbocycles. The molecule has 2 aliphatic heterocycles. The number of carbonyl (C=O) groups is 4. The number of hydrogen-bond donors (Lipinski definition) is 1. The van der Waals surface area contributed by atoms with Crippen LogP contribution in [-0.2, 0) is 54.2 Å². The van der Waals surface area contributed by atoms with Gasteiger partial charge in [0.05, 0.1) is 18.8 Å². The van der Waals surface area contributed by atoms with E-state index in [0.717, 1.165) is 5.56 Å². The third kappa shape index (κ3) is 8.95. The molecule has 220 valence electrons. The topological polar surface area (TPSA) is 144 Å². The van der Waals surface area contributed by atoms with E-state index in [0.29, 0.717) is 12.8 Å². The quantitative estimate of drug-likeness (QED) is 0.215. The minimum absolute atomic E-state index is 0.00870. The molecule has 11 heteroatoms. The summed E-state index contributed by atoms with van der Waals surface area (Å²) >= 11 is 0. The van der Waals surface area contributed by atoms with E-state index in [4.69, 9.17) is 28.4 Å². The molecule has 0 bridgehead atoms. The van der Waals surface area contributed by atoms with Crippen LogP contribution in [0.25, 0.3) is 0 Å². The Morgan fingerprint density at radius 3 is 2.40 bits per heavy atom. The van der Waals surface area contributed by atoms with Crippen LogP contribution < -0.4 is 0 Å². The summed E-state index contributed by atoms with van der Waals surface area (Å²) in [4.78, 5) is 48.2. The van der Waals surface area contributed by atoms with E-state index in [1.54, 1.807) is 6.08 Å². The predicted octanol–water partition coefficient (Wildman–Crippen LogP) is 2.21. The molecule has 2 fully saturated rings. The van der Waals surface area contributed by atoms with Gasteiger partial charge in [-0.2, -0.15) is 0 Å². The maximum Gasteiger partial charge on any atom is 0.303 e. The highest BCUT2D eigenvalue weighted by Crippen LogP contribution is 2.35. The van der Waals surface area contributed by atoms with Gasteiger partial charge in [0.25, 0.3) is 0 Å². The van der Waals surface area contributed by atoms with Crippen LogP contribution in [-0.4, -0.2) is 84.2 Å². The molecule has 3 rings (SSSR count). The second-order valence-corrected chi connectivity index (χ2v) is 9.94. The van der Waals surface area contributed by atoms with Crippen molar-refractivity contribution in [2.24, 2.45) is 0 Å². The van der Waals surface area contributed by atoms with Gasteiger partial charge in [-0.05, 0) is 18.4 Å².